The molecule has 0 aliphatic heterocycles. The van der Waals surface area contributed by atoms with Gasteiger partial charge in [0.1, 0.15) is 11.3 Å². The van der Waals surface area contributed by atoms with Crippen LogP contribution in [0.3, 0.4) is 0 Å². The number of nitrogens with one attached hydrogen (secondary N) is 1. The molecule has 1 N–H and O–H groups in total. The van der Waals surface area contributed by atoms with Crippen molar-refractivity contribution in [2.45, 2.75) is 0 Å². The standard InChI is InChI=1S/C21H14BrNO5/c1-26-16-9-8-12(11-14(16)22)19(24)20-18(13-5-2-3-6-15(13)28-20)23-21(25)17-7-4-10-27-17/h2-11H,1H3,(H,23,25). The Morgan fingerprint density at radius 3 is 2.61 bits per heavy atom. The lowest BCUT2D eigenvalue weighted by Gasteiger charge is -2.07. The predicted octanol–water partition coefficient (Wildman–Crippen LogP) is 5.28. The summed E-state index contributed by atoms with van der Waals surface area (Å²) in [7, 11) is 1.54. The number of ether oxygens (including phenoxy) is 1. The van der Waals surface area contributed by atoms with Crippen LogP contribution in [-0.4, -0.2) is 18.8 Å². The molecule has 28 heavy (non-hydrogen) atoms. The highest BCUT2D eigenvalue weighted by molar-refractivity contribution is 9.10. The van der Waals surface area contributed by atoms with Crippen LogP contribution in [0.1, 0.15) is 26.7 Å². The molecule has 0 saturated heterocycles. The molecular formula is C21H14BrNO5. The van der Waals surface area contributed by atoms with Crippen LogP contribution in [-0.2, 0) is 0 Å². The Kier molecular flexibility index (Phi) is 4.75. The van der Waals surface area contributed by atoms with Gasteiger partial charge in [0.2, 0.25) is 5.78 Å². The molecule has 0 aliphatic carbocycles. The minimum atomic E-state index is -0.471. The highest BCUT2D eigenvalue weighted by Crippen LogP contribution is 2.34. The largest absolute Gasteiger partial charge is 0.496 e. The normalized spacial score (nSPS) is 10.8. The molecule has 6 nitrogen and oxygen atoms in total. The number of amides is 1. The lowest BCUT2D eigenvalue weighted by atomic mass is 10.1. The number of carbonyl (C=O) groups excluding carboxylic acids is 2. The van der Waals surface area contributed by atoms with Crippen molar-refractivity contribution >= 4 is 44.3 Å². The van der Waals surface area contributed by atoms with Crippen molar-refractivity contribution in [1.82, 2.24) is 0 Å². The fourth-order valence-electron chi connectivity index (χ4n) is 2.85. The smallest absolute Gasteiger partial charge is 0.291 e. The van der Waals surface area contributed by atoms with Crippen molar-refractivity contribution < 1.29 is 23.2 Å². The molecule has 0 radical (unpaired) electrons. The maximum Gasteiger partial charge on any atom is 0.291 e. The van der Waals surface area contributed by atoms with Crippen LogP contribution in [0.5, 0.6) is 5.75 Å². The summed E-state index contributed by atoms with van der Waals surface area (Å²) in [6.45, 7) is 0. The molecule has 0 saturated carbocycles. The zero-order valence-corrected chi connectivity index (χ0v) is 16.3. The molecule has 0 atom stereocenters. The molecule has 2 aromatic carbocycles. The molecule has 4 rings (SSSR count). The molecular weight excluding hydrogens is 426 g/mol. The lowest BCUT2D eigenvalue weighted by molar-refractivity contribution is 0.0996. The third kappa shape index (κ3) is 3.20. The van der Waals surface area contributed by atoms with Crippen molar-refractivity contribution in [1.29, 1.82) is 0 Å². The van der Waals surface area contributed by atoms with E-state index < -0.39 is 5.91 Å². The Bertz CT molecular complexity index is 1180. The summed E-state index contributed by atoms with van der Waals surface area (Å²) in [5.74, 6) is -0.0580. The van der Waals surface area contributed by atoms with E-state index in [0.717, 1.165) is 0 Å². The number of ketones is 1. The van der Waals surface area contributed by atoms with E-state index in [4.69, 9.17) is 13.6 Å². The highest BCUT2D eigenvalue weighted by Gasteiger charge is 2.24. The number of methoxy groups -OCH3 is 1. The third-order valence-corrected chi connectivity index (χ3v) is 4.82. The summed E-state index contributed by atoms with van der Waals surface area (Å²) in [6, 6.07) is 15.2. The number of anilines is 1. The van der Waals surface area contributed by atoms with Gasteiger partial charge in [0.05, 0.1) is 23.5 Å². The minimum absolute atomic E-state index is 0.0400. The van der Waals surface area contributed by atoms with Crippen molar-refractivity contribution in [2.75, 3.05) is 12.4 Å². The Hall–Kier alpha value is -3.32. The average Bonchev–Trinajstić information content (AvgIpc) is 3.36. The molecule has 0 aliphatic rings. The van der Waals surface area contributed by atoms with E-state index in [0.29, 0.717) is 32.4 Å². The first-order chi connectivity index (χ1) is 13.6. The van der Waals surface area contributed by atoms with E-state index in [-0.39, 0.29) is 17.3 Å². The second kappa shape index (κ2) is 7.36. The number of para-hydroxylation sites is 1. The fraction of sp³-hybridized carbons (Fsp3) is 0.0476. The van der Waals surface area contributed by atoms with E-state index in [1.807, 2.05) is 0 Å². The van der Waals surface area contributed by atoms with E-state index in [1.54, 1.807) is 61.7 Å². The number of furan rings is 2. The molecule has 0 unspecified atom stereocenters. The predicted molar refractivity (Wildman–Crippen MR) is 107 cm³/mol. The van der Waals surface area contributed by atoms with Gasteiger partial charge in [0, 0.05) is 10.9 Å². The van der Waals surface area contributed by atoms with Gasteiger partial charge in [0.15, 0.2) is 11.5 Å². The third-order valence-electron chi connectivity index (χ3n) is 4.20. The molecule has 2 aromatic heterocycles. The van der Waals surface area contributed by atoms with Crippen LogP contribution in [0.2, 0.25) is 0 Å². The first kappa shape index (κ1) is 18.1. The summed E-state index contributed by atoms with van der Waals surface area (Å²) in [5, 5.41) is 3.36. The van der Waals surface area contributed by atoms with Gasteiger partial charge in [-0.25, -0.2) is 0 Å². The topological polar surface area (TPSA) is 81.7 Å². The summed E-state index contributed by atoms with van der Waals surface area (Å²) in [5.41, 5.74) is 1.18. The van der Waals surface area contributed by atoms with Crippen molar-refractivity contribution in [3.8, 4) is 5.75 Å². The van der Waals surface area contributed by atoms with E-state index >= 15 is 0 Å². The van der Waals surface area contributed by atoms with Crippen LogP contribution >= 0.6 is 15.9 Å². The fourth-order valence-corrected chi connectivity index (χ4v) is 3.39. The Morgan fingerprint density at radius 1 is 1.07 bits per heavy atom. The zero-order valence-electron chi connectivity index (χ0n) is 14.7. The summed E-state index contributed by atoms with van der Waals surface area (Å²) >= 11 is 3.38. The number of fused-ring (bicyclic) bond motifs is 1. The van der Waals surface area contributed by atoms with Gasteiger partial charge >= 0.3 is 0 Å². The number of rotatable bonds is 5. The van der Waals surface area contributed by atoms with Gasteiger partial charge < -0.3 is 18.9 Å². The molecule has 2 heterocycles. The second-order valence-corrected chi connectivity index (χ2v) is 6.77. The zero-order chi connectivity index (χ0) is 19.7. The lowest BCUT2D eigenvalue weighted by Crippen LogP contribution is -2.13. The van der Waals surface area contributed by atoms with Crippen molar-refractivity contribution in [3.05, 3.63) is 82.4 Å². The quantitative estimate of drug-likeness (QED) is 0.427. The van der Waals surface area contributed by atoms with Gasteiger partial charge in [-0.1, -0.05) is 12.1 Å². The van der Waals surface area contributed by atoms with Crippen LogP contribution in [0, 0.1) is 0 Å². The molecule has 1 amide bonds. The van der Waals surface area contributed by atoms with E-state index in [1.165, 1.54) is 6.26 Å². The molecule has 0 fully saturated rings. The maximum atomic E-state index is 13.1. The summed E-state index contributed by atoms with van der Waals surface area (Å²) < 4.78 is 16.8. The number of halogens is 1. The highest BCUT2D eigenvalue weighted by atomic mass is 79.9. The van der Waals surface area contributed by atoms with Gasteiger partial charge in [-0.05, 0) is 58.4 Å². The number of hydrogen-bond donors (Lipinski definition) is 1. The van der Waals surface area contributed by atoms with Crippen LogP contribution in [0.25, 0.3) is 11.0 Å². The van der Waals surface area contributed by atoms with Crippen molar-refractivity contribution in [2.24, 2.45) is 0 Å². The first-order valence-electron chi connectivity index (χ1n) is 8.33. The Labute approximate surface area is 168 Å². The summed E-state index contributed by atoms with van der Waals surface area (Å²) in [6.07, 6.45) is 1.41. The van der Waals surface area contributed by atoms with E-state index in [9.17, 15) is 9.59 Å². The van der Waals surface area contributed by atoms with Gasteiger partial charge in [-0.15, -0.1) is 0 Å². The monoisotopic (exact) mass is 439 g/mol. The SMILES string of the molecule is COc1ccc(C(=O)c2oc3ccccc3c2NC(=O)c2ccco2)cc1Br. The van der Waals surface area contributed by atoms with E-state index in [2.05, 4.69) is 21.2 Å². The maximum absolute atomic E-state index is 13.1. The van der Waals surface area contributed by atoms with Crippen LogP contribution < -0.4 is 10.1 Å². The molecule has 0 spiro atoms. The molecule has 0 bridgehead atoms. The Balaban J connectivity index is 1.79. The van der Waals surface area contributed by atoms with Gasteiger partial charge in [0.25, 0.3) is 5.91 Å². The molecule has 140 valence electrons. The average molecular weight is 440 g/mol. The number of hydrogen-bond acceptors (Lipinski definition) is 5. The van der Waals surface area contributed by atoms with Gasteiger partial charge in [-0.3, -0.25) is 9.59 Å². The Morgan fingerprint density at radius 2 is 1.89 bits per heavy atom. The van der Waals surface area contributed by atoms with Gasteiger partial charge in [-0.2, -0.15) is 0 Å². The molecule has 7 heteroatoms. The molecule has 4 aromatic rings. The first-order valence-corrected chi connectivity index (χ1v) is 9.12. The summed E-state index contributed by atoms with van der Waals surface area (Å²) in [4.78, 5) is 25.6. The number of carbonyl (C=O) groups is 2. The minimum Gasteiger partial charge on any atom is -0.496 e. The van der Waals surface area contributed by atoms with Crippen LogP contribution in [0.15, 0.2) is 74.2 Å². The van der Waals surface area contributed by atoms with Crippen molar-refractivity contribution in [3.63, 3.8) is 0 Å². The number of benzene rings is 2. The van der Waals surface area contributed by atoms with Crippen LogP contribution in [0.4, 0.5) is 5.69 Å². The second-order valence-electron chi connectivity index (χ2n) is 5.91.